The predicted octanol–water partition coefficient (Wildman–Crippen LogP) is 6.58. The largest absolute Gasteiger partial charge is 0.445 e. The average molecular weight is 1010 g/mol. The van der Waals surface area contributed by atoms with Crippen LogP contribution in [0, 0.1) is 0 Å². The van der Waals surface area contributed by atoms with E-state index in [1.54, 1.807) is 0 Å². The molecular weight excluding hydrogens is 933 g/mol. The number of hydrogen-bond acceptors (Lipinski definition) is 12. The van der Waals surface area contributed by atoms with E-state index in [1.807, 2.05) is 121 Å². The van der Waals surface area contributed by atoms with Gasteiger partial charge in [-0.2, -0.15) is 0 Å². The van der Waals surface area contributed by atoms with Gasteiger partial charge in [0.05, 0.1) is 50.0 Å². The Morgan fingerprint density at radius 2 is 0.771 bits per heavy atom. The zero-order chi connectivity index (χ0) is 50.2. The summed E-state index contributed by atoms with van der Waals surface area (Å²) in [5, 5.41) is 5.35. The second-order valence-corrected chi connectivity index (χ2v) is 22.0. The first kappa shape index (κ1) is 56.0. The number of amides is 2. The molecule has 4 N–H and O–H groups in total. The van der Waals surface area contributed by atoms with Gasteiger partial charge in [-0.25, -0.2) is 35.9 Å². The molecule has 0 bridgehead atoms. The number of sulfonamides is 2. The van der Waals surface area contributed by atoms with E-state index < -0.39 is 44.3 Å². The number of rotatable bonds is 24. The Labute approximate surface area is 416 Å². The zero-order valence-electron chi connectivity index (χ0n) is 41.1. The third-order valence-corrected chi connectivity index (χ3v) is 15.1. The lowest BCUT2D eigenvalue weighted by atomic mass is 10.1. The van der Waals surface area contributed by atoms with Crippen LogP contribution in [-0.2, 0) is 65.4 Å². The molecule has 18 heteroatoms. The quantitative estimate of drug-likeness (QED) is 0.0590. The van der Waals surface area contributed by atoms with Crippen LogP contribution in [0.2, 0.25) is 0 Å². The number of hydrogen-bond donors (Lipinski definition) is 4. The Morgan fingerprint density at radius 1 is 0.486 bits per heavy atom. The lowest BCUT2D eigenvalue weighted by molar-refractivity contribution is 0.0930. The van der Waals surface area contributed by atoms with Crippen LogP contribution in [0.4, 0.5) is 9.59 Å². The Hall–Kier alpha value is -4.92. The van der Waals surface area contributed by atoms with E-state index in [0.29, 0.717) is 25.3 Å². The summed E-state index contributed by atoms with van der Waals surface area (Å²) in [5.41, 5.74) is 3.63. The standard InChI is InChI=1S/2C26H37N3O5S/c2*1-21(2)29-15-13-24(14-16-29)28-35(31,32)20-25(19-33-17-22-9-5-3-6-10-22)27-26(30)34-18-23-11-7-4-8-12-23/h2*3-12,21,24-25,28H,13-20H2,1-2H3,(H,27,30)/t2*25-/m00/s1. The van der Waals surface area contributed by atoms with Crippen molar-refractivity contribution in [2.75, 3.05) is 50.9 Å². The minimum atomic E-state index is -3.64. The Bertz CT molecular complexity index is 2150. The maximum absolute atomic E-state index is 12.9. The third-order valence-electron chi connectivity index (χ3n) is 12.0. The van der Waals surface area contributed by atoms with Gasteiger partial charge in [0.15, 0.2) is 0 Å². The van der Waals surface area contributed by atoms with Crippen molar-refractivity contribution < 1.29 is 45.4 Å². The molecule has 0 saturated carbocycles. The minimum absolute atomic E-state index is 0.0437. The molecule has 0 aliphatic carbocycles. The van der Waals surface area contributed by atoms with Crippen LogP contribution >= 0.6 is 0 Å². The van der Waals surface area contributed by atoms with Gasteiger partial charge in [0.1, 0.15) is 13.2 Å². The van der Waals surface area contributed by atoms with Gasteiger partial charge in [0, 0.05) is 24.2 Å². The van der Waals surface area contributed by atoms with Crippen molar-refractivity contribution in [2.24, 2.45) is 0 Å². The molecule has 2 saturated heterocycles. The molecule has 0 aromatic heterocycles. The molecule has 2 aliphatic rings. The summed E-state index contributed by atoms with van der Waals surface area (Å²) < 4.78 is 79.5. The van der Waals surface area contributed by atoms with Gasteiger partial charge in [-0.1, -0.05) is 121 Å². The van der Waals surface area contributed by atoms with Gasteiger partial charge in [0.2, 0.25) is 20.0 Å². The highest BCUT2D eigenvalue weighted by atomic mass is 32.2. The first-order valence-corrected chi connectivity index (χ1v) is 27.6. The molecule has 2 fully saturated rings. The second kappa shape index (κ2) is 29.4. The number of benzene rings is 4. The number of piperidine rings is 2. The van der Waals surface area contributed by atoms with Crippen LogP contribution in [0.1, 0.15) is 75.6 Å². The Kier molecular flexibility index (Phi) is 23.5. The number of carbonyl (C=O) groups excluding carboxylic acids is 2. The van der Waals surface area contributed by atoms with Crippen LogP contribution in [0.25, 0.3) is 0 Å². The van der Waals surface area contributed by atoms with Crippen molar-refractivity contribution in [1.82, 2.24) is 29.9 Å². The molecule has 0 radical (unpaired) electrons. The van der Waals surface area contributed by atoms with E-state index in [9.17, 15) is 26.4 Å². The van der Waals surface area contributed by atoms with Crippen molar-refractivity contribution in [3.8, 4) is 0 Å². The third kappa shape index (κ3) is 22.0. The first-order chi connectivity index (χ1) is 33.6. The molecule has 4 aromatic carbocycles. The first-order valence-electron chi connectivity index (χ1n) is 24.3. The molecule has 70 heavy (non-hydrogen) atoms. The maximum atomic E-state index is 12.9. The van der Waals surface area contributed by atoms with E-state index >= 15 is 0 Å². The summed E-state index contributed by atoms with van der Waals surface area (Å²) in [6.07, 6.45) is 1.70. The van der Waals surface area contributed by atoms with Gasteiger partial charge in [-0.05, 0) is 102 Å². The Morgan fingerprint density at radius 3 is 1.06 bits per heavy atom. The Balaban J connectivity index is 0.000000261. The van der Waals surface area contributed by atoms with Gasteiger partial charge in [-0.15, -0.1) is 0 Å². The molecule has 384 valence electrons. The fraction of sp³-hybridized carbons (Fsp3) is 0.500. The highest BCUT2D eigenvalue weighted by molar-refractivity contribution is 7.89. The number of likely N-dealkylation sites (tertiary alicyclic amines) is 2. The van der Waals surface area contributed by atoms with Crippen LogP contribution in [-0.4, -0.2) is 126 Å². The summed E-state index contributed by atoms with van der Waals surface area (Å²) in [6, 6.07) is 37.0. The van der Waals surface area contributed by atoms with Gasteiger partial charge in [0.25, 0.3) is 0 Å². The minimum Gasteiger partial charge on any atom is -0.445 e. The molecule has 16 nitrogen and oxygen atoms in total. The summed E-state index contributed by atoms with van der Waals surface area (Å²) in [5.74, 6) is -0.570. The van der Waals surface area contributed by atoms with Gasteiger partial charge < -0.3 is 39.4 Å². The predicted molar refractivity (Wildman–Crippen MR) is 273 cm³/mol. The molecule has 4 aromatic rings. The van der Waals surface area contributed by atoms with Crippen molar-refractivity contribution in [3.05, 3.63) is 144 Å². The lowest BCUT2D eigenvalue weighted by Gasteiger charge is -2.34. The molecule has 2 amide bonds. The molecule has 6 rings (SSSR count). The lowest BCUT2D eigenvalue weighted by Crippen LogP contribution is -2.50. The van der Waals surface area contributed by atoms with E-state index in [1.165, 1.54) is 0 Å². The van der Waals surface area contributed by atoms with Crippen molar-refractivity contribution in [1.29, 1.82) is 0 Å². The smallest absolute Gasteiger partial charge is 0.407 e. The van der Waals surface area contributed by atoms with E-state index in [4.69, 9.17) is 18.9 Å². The summed E-state index contributed by atoms with van der Waals surface area (Å²) in [4.78, 5) is 29.5. The second-order valence-electron chi connectivity index (χ2n) is 18.4. The normalized spacial score (nSPS) is 16.2. The maximum Gasteiger partial charge on any atom is 0.407 e. The van der Waals surface area contributed by atoms with Crippen LogP contribution in [0.15, 0.2) is 121 Å². The monoisotopic (exact) mass is 1010 g/mol. The summed E-state index contributed by atoms with van der Waals surface area (Å²) in [6.45, 7) is 12.9. The van der Waals surface area contributed by atoms with E-state index in [-0.39, 0.29) is 50.0 Å². The van der Waals surface area contributed by atoms with Crippen molar-refractivity contribution in [2.45, 2.75) is 116 Å². The number of alkyl carbamates (subject to hydrolysis) is 2. The highest BCUT2D eigenvalue weighted by Crippen LogP contribution is 2.16. The van der Waals surface area contributed by atoms with E-state index in [0.717, 1.165) is 74.1 Å². The SMILES string of the molecule is CC(C)N1CCC(NS(=O)(=O)C[C@H](COCc2ccccc2)NC(=O)OCc2ccccc2)CC1.CC(C)N1CCC(NS(=O)(=O)C[C@H](COCc2ccccc2)NC(=O)OCc2ccccc2)CC1. The molecule has 2 aliphatic heterocycles. The van der Waals surface area contributed by atoms with Crippen LogP contribution in [0.5, 0.6) is 0 Å². The van der Waals surface area contributed by atoms with Crippen LogP contribution < -0.4 is 20.1 Å². The number of carbonyl (C=O) groups is 2. The van der Waals surface area contributed by atoms with Gasteiger partial charge >= 0.3 is 12.2 Å². The molecule has 2 heterocycles. The molecule has 0 spiro atoms. The van der Waals surface area contributed by atoms with Crippen LogP contribution in [0.3, 0.4) is 0 Å². The van der Waals surface area contributed by atoms with Crippen molar-refractivity contribution in [3.63, 3.8) is 0 Å². The summed E-state index contributed by atoms with van der Waals surface area (Å²) >= 11 is 0. The fourth-order valence-electron chi connectivity index (χ4n) is 8.11. The van der Waals surface area contributed by atoms with E-state index in [2.05, 4.69) is 57.6 Å². The van der Waals surface area contributed by atoms with Gasteiger partial charge in [-0.3, -0.25) is 0 Å². The number of nitrogens with zero attached hydrogens (tertiary/aromatic N) is 2. The molecular formula is C52H74N6O10S2. The highest BCUT2D eigenvalue weighted by Gasteiger charge is 2.29. The summed E-state index contributed by atoms with van der Waals surface area (Å²) in [7, 11) is -7.29. The average Bonchev–Trinajstić information content (AvgIpc) is 3.34. The molecule has 2 atom stereocenters. The zero-order valence-corrected chi connectivity index (χ0v) is 42.8. The number of ether oxygens (including phenoxy) is 4. The molecule has 0 unspecified atom stereocenters. The topological polar surface area (TPSA) is 194 Å². The van der Waals surface area contributed by atoms with Crippen molar-refractivity contribution >= 4 is 32.2 Å². The number of nitrogens with one attached hydrogen (secondary N) is 4. The fourth-order valence-corrected chi connectivity index (χ4v) is 11.2.